The smallest absolute Gasteiger partial charge is 0.319 e. The Hall–Kier alpha value is -1.17. The van der Waals surface area contributed by atoms with Crippen molar-refractivity contribution in [2.75, 3.05) is 7.11 Å². The first-order valence-electron chi connectivity index (χ1n) is 4.04. The molecule has 0 aliphatic carbocycles. The second kappa shape index (κ2) is 3.20. The van der Waals surface area contributed by atoms with E-state index in [2.05, 4.69) is 30.9 Å². The minimum Gasteiger partial charge on any atom is -0.467 e. The molecule has 2 heterocycles. The fourth-order valence-corrected chi connectivity index (χ4v) is 1.63. The van der Waals surface area contributed by atoms with Gasteiger partial charge in [-0.25, -0.2) is 4.98 Å². The Kier molecular flexibility index (Phi) is 2.14. The van der Waals surface area contributed by atoms with E-state index in [-0.39, 0.29) is 0 Å². The maximum atomic E-state index is 4.97. The van der Waals surface area contributed by atoms with Gasteiger partial charge in [-0.1, -0.05) is 0 Å². The number of halogens is 1. The summed E-state index contributed by atoms with van der Waals surface area (Å²) in [7, 11) is 3.44. The van der Waals surface area contributed by atoms with Gasteiger partial charge >= 0.3 is 6.01 Å². The van der Waals surface area contributed by atoms with Crippen molar-refractivity contribution in [2.24, 2.45) is 7.05 Å². The van der Waals surface area contributed by atoms with Crippen molar-refractivity contribution in [2.45, 2.75) is 6.92 Å². The molecule has 2 aromatic rings. The van der Waals surface area contributed by atoms with Crippen molar-refractivity contribution in [3.8, 4) is 6.01 Å². The molecule has 2 rings (SSSR count). The van der Waals surface area contributed by atoms with Gasteiger partial charge in [-0.15, -0.1) is 0 Å². The average Bonchev–Trinajstić information content (AvgIpc) is 2.45. The summed E-state index contributed by atoms with van der Waals surface area (Å²) in [5.41, 5.74) is 1.52. The summed E-state index contributed by atoms with van der Waals surface area (Å²) < 4.78 is 7.52. The van der Waals surface area contributed by atoms with Crippen LogP contribution in [0.1, 0.15) is 5.82 Å². The van der Waals surface area contributed by atoms with Gasteiger partial charge in [0, 0.05) is 7.05 Å². The highest BCUT2D eigenvalue weighted by atomic mass is 79.9. The minimum absolute atomic E-state index is 0.340. The van der Waals surface area contributed by atoms with Gasteiger partial charge in [0.15, 0.2) is 5.65 Å². The van der Waals surface area contributed by atoms with Crippen molar-refractivity contribution in [3.63, 3.8) is 0 Å². The molecule has 5 nitrogen and oxygen atoms in total. The molecule has 0 amide bonds. The Balaban J connectivity index is 2.83. The first-order chi connectivity index (χ1) is 6.63. The summed E-state index contributed by atoms with van der Waals surface area (Å²) >= 11 is 3.33. The van der Waals surface area contributed by atoms with Crippen LogP contribution in [0.5, 0.6) is 6.01 Å². The van der Waals surface area contributed by atoms with Crippen LogP contribution in [0, 0.1) is 6.92 Å². The first kappa shape index (κ1) is 9.39. The third kappa shape index (κ3) is 1.26. The lowest BCUT2D eigenvalue weighted by molar-refractivity contribution is 0.380. The molecule has 2 aromatic heterocycles. The Labute approximate surface area is 89.3 Å². The molecule has 0 aliphatic heterocycles. The summed E-state index contributed by atoms with van der Waals surface area (Å²) in [5, 5.41) is 0. The van der Waals surface area contributed by atoms with E-state index >= 15 is 0 Å². The molecule has 0 bridgehead atoms. The van der Waals surface area contributed by atoms with Crippen molar-refractivity contribution >= 4 is 27.1 Å². The van der Waals surface area contributed by atoms with Crippen LogP contribution in [0.4, 0.5) is 0 Å². The van der Waals surface area contributed by atoms with Gasteiger partial charge in [0.1, 0.15) is 15.9 Å². The molecule has 0 aromatic carbocycles. The number of fused-ring (bicyclic) bond motifs is 1. The summed E-state index contributed by atoms with van der Waals surface area (Å²) in [6, 6.07) is 0.340. The highest BCUT2D eigenvalue weighted by Crippen LogP contribution is 2.22. The van der Waals surface area contributed by atoms with Crippen LogP contribution in [0.15, 0.2) is 4.60 Å². The van der Waals surface area contributed by atoms with Crippen molar-refractivity contribution in [1.82, 2.24) is 19.5 Å². The first-order valence-corrected chi connectivity index (χ1v) is 4.83. The molecule has 0 saturated heterocycles. The summed E-state index contributed by atoms with van der Waals surface area (Å²) in [6.07, 6.45) is 0. The number of aryl methyl sites for hydroxylation is 2. The zero-order chi connectivity index (χ0) is 10.3. The summed E-state index contributed by atoms with van der Waals surface area (Å²) in [4.78, 5) is 12.6. The number of nitrogens with zero attached hydrogens (tertiary/aromatic N) is 4. The van der Waals surface area contributed by atoms with E-state index < -0.39 is 0 Å². The van der Waals surface area contributed by atoms with E-state index in [0.717, 1.165) is 17.0 Å². The minimum atomic E-state index is 0.340. The summed E-state index contributed by atoms with van der Waals surface area (Å²) in [5.74, 6) is 0.892. The number of hydrogen-bond acceptors (Lipinski definition) is 4. The zero-order valence-corrected chi connectivity index (χ0v) is 9.66. The fourth-order valence-electron chi connectivity index (χ4n) is 1.21. The monoisotopic (exact) mass is 256 g/mol. The predicted molar refractivity (Wildman–Crippen MR) is 55.3 cm³/mol. The van der Waals surface area contributed by atoms with Crippen molar-refractivity contribution in [3.05, 3.63) is 10.4 Å². The Bertz CT molecular complexity index is 494. The number of aromatic nitrogens is 4. The van der Waals surface area contributed by atoms with Gasteiger partial charge in [-0.2, -0.15) is 9.97 Å². The third-order valence-electron chi connectivity index (χ3n) is 2.06. The van der Waals surface area contributed by atoms with E-state index in [1.807, 2.05) is 18.5 Å². The average molecular weight is 257 g/mol. The maximum absolute atomic E-state index is 4.97. The number of methoxy groups -OCH3 is 1. The van der Waals surface area contributed by atoms with Crippen LogP contribution in [0.3, 0.4) is 0 Å². The molecule has 74 valence electrons. The topological polar surface area (TPSA) is 52.8 Å². The van der Waals surface area contributed by atoms with Gasteiger partial charge < -0.3 is 9.30 Å². The van der Waals surface area contributed by atoms with Crippen molar-refractivity contribution in [1.29, 1.82) is 0 Å². The Morgan fingerprint density at radius 2 is 2.00 bits per heavy atom. The molecule has 0 aliphatic rings. The normalized spacial score (nSPS) is 10.9. The molecule has 0 spiro atoms. The third-order valence-corrected chi connectivity index (χ3v) is 2.61. The van der Waals surface area contributed by atoms with Gasteiger partial charge in [-0.05, 0) is 22.9 Å². The molecule has 0 unspecified atom stereocenters. The summed E-state index contributed by atoms with van der Waals surface area (Å²) in [6.45, 7) is 1.92. The van der Waals surface area contributed by atoms with Crippen LogP contribution in [0.25, 0.3) is 11.2 Å². The molecule has 0 saturated carbocycles. The van der Waals surface area contributed by atoms with Crippen molar-refractivity contribution < 1.29 is 4.74 Å². The van der Waals surface area contributed by atoms with Crippen LogP contribution in [-0.4, -0.2) is 26.6 Å². The van der Waals surface area contributed by atoms with Crippen LogP contribution in [-0.2, 0) is 7.05 Å². The molecule has 0 N–H and O–H groups in total. The van der Waals surface area contributed by atoms with Crippen LogP contribution in [0.2, 0.25) is 0 Å². The van der Waals surface area contributed by atoms with E-state index in [0.29, 0.717) is 10.6 Å². The molecular weight excluding hydrogens is 248 g/mol. The predicted octanol–water partition coefficient (Wildman–Crippen LogP) is 1.44. The maximum Gasteiger partial charge on any atom is 0.319 e. The second-order valence-electron chi connectivity index (χ2n) is 2.89. The quantitative estimate of drug-likeness (QED) is 0.725. The molecular formula is C8H9BrN4O. The Morgan fingerprint density at radius 1 is 1.29 bits per heavy atom. The second-order valence-corrected chi connectivity index (χ2v) is 3.64. The molecule has 6 heteroatoms. The molecule has 0 radical (unpaired) electrons. The van der Waals surface area contributed by atoms with Gasteiger partial charge in [-0.3, -0.25) is 0 Å². The number of rotatable bonds is 1. The standard InChI is InChI=1S/C8H9BrN4O/c1-4-10-5-6(9)11-8(14-3)12-7(5)13(4)2/h1-3H3. The Morgan fingerprint density at radius 3 is 2.64 bits per heavy atom. The van der Waals surface area contributed by atoms with E-state index in [4.69, 9.17) is 4.74 Å². The van der Waals surface area contributed by atoms with E-state index in [9.17, 15) is 0 Å². The number of imidazole rings is 1. The van der Waals surface area contributed by atoms with Gasteiger partial charge in [0.2, 0.25) is 0 Å². The highest BCUT2D eigenvalue weighted by Gasteiger charge is 2.12. The van der Waals surface area contributed by atoms with E-state index in [1.165, 1.54) is 7.11 Å². The van der Waals surface area contributed by atoms with Crippen LogP contribution < -0.4 is 4.74 Å². The number of hydrogen-bond donors (Lipinski definition) is 0. The zero-order valence-electron chi connectivity index (χ0n) is 8.08. The van der Waals surface area contributed by atoms with Gasteiger partial charge in [0.25, 0.3) is 0 Å². The highest BCUT2D eigenvalue weighted by molar-refractivity contribution is 9.10. The van der Waals surface area contributed by atoms with Gasteiger partial charge in [0.05, 0.1) is 7.11 Å². The molecule has 14 heavy (non-hydrogen) atoms. The lowest BCUT2D eigenvalue weighted by Crippen LogP contribution is -1.96. The largest absolute Gasteiger partial charge is 0.467 e. The SMILES string of the molecule is COc1nc(Br)c2nc(C)n(C)c2n1. The number of ether oxygens (including phenoxy) is 1. The van der Waals surface area contributed by atoms with E-state index in [1.54, 1.807) is 0 Å². The molecule has 0 atom stereocenters. The fraction of sp³-hybridized carbons (Fsp3) is 0.375. The van der Waals surface area contributed by atoms with Crippen LogP contribution >= 0.6 is 15.9 Å². The molecule has 0 fully saturated rings. The lowest BCUT2D eigenvalue weighted by Gasteiger charge is -1.99. The lowest BCUT2D eigenvalue weighted by atomic mass is 10.5.